The Bertz CT molecular complexity index is 609. The lowest BCUT2D eigenvalue weighted by molar-refractivity contribution is -0.131. The third-order valence-electron chi connectivity index (χ3n) is 4.02. The maximum Gasteiger partial charge on any atom is 0.245 e. The number of halogens is 1. The van der Waals surface area contributed by atoms with Crippen molar-refractivity contribution in [3.05, 3.63) is 66.2 Å². The van der Waals surface area contributed by atoms with Crippen LogP contribution in [0.1, 0.15) is 10.9 Å². The first-order chi connectivity index (χ1) is 10.8. The van der Waals surface area contributed by atoms with Crippen LogP contribution in [0.3, 0.4) is 0 Å². The summed E-state index contributed by atoms with van der Waals surface area (Å²) in [5.41, 5.74) is 2.07. The molecule has 1 amide bonds. The van der Waals surface area contributed by atoms with Crippen LogP contribution in [-0.2, 0) is 4.79 Å². The van der Waals surface area contributed by atoms with Gasteiger partial charge in [0.05, 0.1) is 0 Å². The molecular weight excluding hydrogens is 296 g/mol. The average Bonchev–Trinajstić information content (AvgIpc) is 2.62. The number of para-hydroxylation sites is 1. The fourth-order valence-electron chi connectivity index (χ4n) is 2.75. The first-order valence-corrected chi connectivity index (χ1v) is 7.97. The summed E-state index contributed by atoms with van der Waals surface area (Å²) in [5.74, 6) is 0.000536. The lowest BCUT2D eigenvalue weighted by Gasteiger charge is -2.36. The Morgan fingerprint density at radius 1 is 0.864 bits per heavy atom. The van der Waals surface area contributed by atoms with Crippen molar-refractivity contribution in [2.75, 3.05) is 31.1 Å². The highest BCUT2D eigenvalue weighted by atomic mass is 35.5. The Morgan fingerprint density at radius 2 is 1.41 bits per heavy atom. The molecule has 1 heterocycles. The van der Waals surface area contributed by atoms with Gasteiger partial charge in [0.25, 0.3) is 0 Å². The standard InChI is InChI=1S/C18H19ClN2O/c19-17(15-7-3-1-4-8-15)18(22)21-13-11-20(12-14-21)16-9-5-2-6-10-16/h1-10,17H,11-14H2/t17-/m1/s1. The predicted octanol–water partition coefficient (Wildman–Crippen LogP) is 3.32. The number of amides is 1. The molecule has 1 fully saturated rings. The van der Waals surface area contributed by atoms with Crippen LogP contribution in [-0.4, -0.2) is 37.0 Å². The second kappa shape index (κ2) is 6.84. The van der Waals surface area contributed by atoms with Crippen LogP contribution < -0.4 is 4.90 Å². The van der Waals surface area contributed by atoms with Gasteiger partial charge in [-0.3, -0.25) is 4.79 Å². The average molecular weight is 315 g/mol. The number of hydrogen-bond donors (Lipinski definition) is 0. The first-order valence-electron chi connectivity index (χ1n) is 7.53. The van der Waals surface area contributed by atoms with Gasteiger partial charge in [-0.25, -0.2) is 0 Å². The van der Waals surface area contributed by atoms with Crippen LogP contribution in [0.25, 0.3) is 0 Å². The van der Waals surface area contributed by atoms with Gasteiger partial charge in [0.1, 0.15) is 5.38 Å². The third-order valence-corrected chi connectivity index (χ3v) is 4.46. The van der Waals surface area contributed by atoms with Crippen molar-refractivity contribution in [2.45, 2.75) is 5.38 Å². The molecular formula is C18H19ClN2O. The third kappa shape index (κ3) is 3.25. The zero-order valence-corrected chi connectivity index (χ0v) is 13.1. The summed E-state index contributed by atoms with van der Waals surface area (Å²) in [5, 5.41) is -0.593. The highest BCUT2D eigenvalue weighted by Crippen LogP contribution is 2.24. The molecule has 2 aromatic rings. The van der Waals surface area contributed by atoms with Crippen LogP contribution in [0, 0.1) is 0 Å². The van der Waals surface area contributed by atoms with Gasteiger partial charge in [-0.1, -0.05) is 48.5 Å². The number of carbonyl (C=O) groups excluding carboxylic acids is 1. The number of rotatable bonds is 3. The maximum atomic E-state index is 12.5. The number of hydrogen-bond acceptors (Lipinski definition) is 2. The fourth-order valence-corrected chi connectivity index (χ4v) is 3.03. The summed E-state index contributed by atoms with van der Waals surface area (Å²) in [6, 6.07) is 19.8. The van der Waals surface area contributed by atoms with Gasteiger partial charge in [0.2, 0.25) is 5.91 Å². The topological polar surface area (TPSA) is 23.6 Å². The summed E-state index contributed by atoms with van der Waals surface area (Å²) in [6.07, 6.45) is 0. The minimum atomic E-state index is -0.593. The molecule has 0 N–H and O–H groups in total. The van der Waals surface area contributed by atoms with Gasteiger partial charge in [0.15, 0.2) is 0 Å². The molecule has 1 aliphatic heterocycles. The Morgan fingerprint density at radius 3 is 2.00 bits per heavy atom. The van der Waals surface area contributed by atoms with Crippen molar-refractivity contribution in [2.24, 2.45) is 0 Å². The van der Waals surface area contributed by atoms with Crippen molar-refractivity contribution in [3.8, 4) is 0 Å². The summed E-state index contributed by atoms with van der Waals surface area (Å²) in [7, 11) is 0. The Kier molecular flexibility index (Phi) is 4.64. The fraction of sp³-hybridized carbons (Fsp3) is 0.278. The highest BCUT2D eigenvalue weighted by Gasteiger charge is 2.27. The van der Waals surface area contributed by atoms with E-state index in [1.54, 1.807) is 0 Å². The van der Waals surface area contributed by atoms with E-state index in [0.717, 1.165) is 18.7 Å². The molecule has 0 spiro atoms. The molecule has 22 heavy (non-hydrogen) atoms. The number of piperazine rings is 1. The number of alkyl halides is 1. The molecule has 114 valence electrons. The Hall–Kier alpha value is -2.00. The number of carbonyl (C=O) groups is 1. The zero-order chi connectivity index (χ0) is 15.4. The van der Waals surface area contributed by atoms with E-state index in [1.807, 2.05) is 53.4 Å². The maximum absolute atomic E-state index is 12.5. The first kappa shape index (κ1) is 14.9. The SMILES string of the molecule is O=C([C@H](Cl)c1ccccc1)N1CCN(c2ccccc2)CC1. The van der Waals surface area contributed by atoms with E-state index < -0.39 is 5.38 Å². The van der Waals surface area contributed by atoms with Gasteiger partial charge < -0.3 is 9.80 Å². The smallest absolute Gasteiger partial charge is 0.245 e. The summed E-state index contributed by atoms with van der Waals surface area (Å²) < 4.78 is 0. The van der Waals surface area contributed by atoms with E-state index in [-0.39, 0.29) is 5.91 Å². The van der Waals surface area contributed by atoms with Crippen LogP contribution in [0.15, 0.2) is 60.7 Å². The van der Waals surface area contributed by atoms with Crippen molar-refractivity contribution >= 4 is 23.2 Å². The zero-order valence-electron chi connectivity index (χ0n) is 12.4. The van der Waals surface area contributed by atoms with Gasteiger partial charge >= 0.3 is 0 Å². The van der Waals surface area contributed by atoms with Crippen molar-refractivity contribution in [1.29, 1.82) is 0 Å². The quantitative estimate of drug-likeness (QED) is 0.811. The molecule has 0 radical (unpaired) electrons. The van der Waals surface area contributed by atoms with Gasteiger partial charge in [0, 0.05) is 31.9 Å². The summed E-state index contributed by atoms with van der Waals surface area (Å²) >= 11 is 6.34. The molecule has 4 heteroatoms. The van der Waals surface area contributed by atoms with Gasteiger partial charge in [-0.15, -0.1) is 11.6 Å². The summed E-state index contributed by atoms with van der Waals surface area (Å²) in [6.45, 7) is 3.11. The minimum absolute atomic E-state index is 0.000536. The summed E-state index contributed by atoms with van der Waals surface area (Å²) in [4.78, 5) is 16.7. The molecule has 3 rings (SSSR count). The second-order valence-corrected chi connectivity index (χ2v) is 5.86. The van der Waals surface area contributed by atoms with Crippen LogP contribution in [0.2, 0.25) is 0 Å². The molecule has 3 nitrogen and oxygen atoms in total. The second-order valence-electron chi connectivity index (χ2n) is 5.42. The van der Waals surface area contributed by atoms with Gasteiger partial charge in [-0.2, -0.15) is 0 Å². The van der Waals surface area contributed by atoms with E-state index in [0.29, 0.717) is 13.1 Å². The minimum Gasteiger partial charge on any atom is -0.368 e. The molecule has 0 aliphatic carbocycles. The largest absolute Gasteiger partial charge is 0.368 e. The molecule has 2 aromatic carbocycles. The normalized spacial score (nSPS) is 16.4. The number of benzene rings is 2. The lowest BCUT2D eigenvalue weighted by Crippen LogP contribution is -2.49. The highest BCUT2D eigenvalue weighted by molar-refractivity contribution is 6.30. The van der Waals surface area contributed by atoms with E-state index >= 15 is 0 Å². The van der Waals surface area contributed by atoms with E-state index in [9.17, 15) is 4.79 Å². The van der Waals surface area contributed by atoms with E-state index in [1.165, 1.54) is 5.69 Å². The van der Waals surface area contributed by atoms with Gasteiger partial charge in [-0.05, 0) is 17.7 Å². The molecule has 0 unspecified atom stereocenters. The van der Waals surface area contributed by atoms with Crippen LogP contribution in [0.4, 0.5) is 5.69 Å². The molecule has 0 aromatic heterocycles. The molecule has 1 atom stereocenters. The van der Waals surface area contributed by atoms with Crippen LogP contribution >= 0.6 is 11.6 Å². The molecule has 0 bridgehead atoms. The van der Waals surface area contributed by atoms with E-state index in [4.69, 9.17) is 11.6 Å². The Balaban J connectivity index is 1.60. The number of nitrogens with zero attached hydrogens (tertiary/aromatic N) is 2. The predicted molar refractivity (Wildman–Crippen MR) is 90.3 cm³/mol. The molecule has 1 aliphatic rings. The van der Waals surface area contributed by atoms with E-state index in [2.05, 4.69) is 17.0 Å². The van der Waals surface area contributed by atoms with Crippen molar-refractivity contribution in [3.63, 3.8) is 0 Å². The molecule has 1 saturated heterocycles. The van der Waals surface area contributed by atoms with Crippen LogP contribution in [0.5, 0.6) is 0 Å². The molecule has 0 saturated carbocycles. The lowest BCUT2D eigenvalue weighted by atomic mass is 10.1. The Labute approximate surface area is 136 Å². The van der Waals surface area contributed by atoms with Crippen molar-refractivity contribution in [1.82, 2.24) is 4.90 Å². The number of anilines is 1. The monoisotopic (exact) mass is 314 g/mol. The van der Waals surface area contributed by atoms with Crippen molar-refractivity contribution < 1.29 is 4.79 Å².